The van der Waals surface area contributed by atoms with Gasteiger partial charge in [-0.1, -0.05) is 17.7 Å². The molecular weight excluding hydrogens is 300 g/mol. The molecule has 0 aromatic heterocycles. The van der Waals surface area contributed by atoms with Gasteiger partial charge in [0, 0.05) is 25.2 Å². The maximum atomic E-state index is 12.1. The summed E-state index contributed by atoms with van der Waals surface area (Å²) in [4.78, 5) is 36.0. The molecule has 0 bridgehead atoms. The van der Waals surface area contributed by atoms with Crippen LogP contribution in [0, 0.1) is 12.8 Å². The van der Waals surface area contributed by atoms with Crippen molar-refractivity contribution in [1.82, 2.24) is 5.32 Å². The summed E-state index contributed by atoms with van der Waals surface area (Å²) in [6.45, 7) is 2.28. The highest BCUT2D eigenvalue weighted by molar-refractivity contribution is 6.00. The van der Waals surface area contributed by atoms with Crippen molar-refractivity contribution in [2.75, 3.05) is 31.2 Å². The third-order valence-corrected chi connectivity index (χ3v) is 3.61. The Morgan fingerprint density at radius 1 is 1.35 bits per heavy atom. The number of carbonyl (C=O) groups is 3. The fraction of sp³-hybridized carbons (Fsp3) is 0.438. The summed E-state index contributed by atoms with van der Waals surface area (Å²) in [6.07, 6.45) is 0.176. The van der Waals surface area contributed by atoms with Crippen molar-refractivity contribution in [3.05, 3.63) is 29.8 Å². The number of carbonyl (C=O) groups excluding carboxylic acids is 2. The highest BCUT2D eigenvalue weighted by Crippen LogP contribution is 2.25. The average Bonchev–Trinajstić information content (AvgIpc) is 2.89. The smallest absolute Gasteiger partial charge is 0.329 e. The SMILES string of the molecule is Cc1ccc(N2CC(C(=O)NCCOCC(=O)O)CC2=O)cc1. The maximum Gasteiger partial charge on any atom is 0.329 e. The molecule has 1 aromatic rings. The van der Waals surface area contributed by atoms with Crippen molar-refractivity contribution in [2.24, 2.45) is 5.92 Å². The van der Waals surface area contributed by atoms with E-state index < -0.39 is 11.9 Å². The Morgan fingerprint density at radius 2 is 2.04 bits per heavy atom. The van der Waals surface area contributed by atoms with Crippen molar-refractivity contribution in [2.45, 2.75) is 13.3 Å². The van der Waals surface area contributed by atoms with Crippen LogP contribution in [-0.2, 0) is 19.1 Å². The first-order chi connectivity index (χ1) is 11.0. The molecule has 23 heavy (non-hydrogen) atoms. The second-order valence-electron chi connectivity index (χ2n) is 5.48. The molecular formula is C16H20N2O5. The van der Waals surface area contributed by atoms with E-state index in [1.165, 1.54) is 0 Å². The number of nitrogens with zero attached hydrogens (tertiary/aromatic N) is 1. The second-order valence-corrected chi connectivity index (χ2v) is 5.48. The van der Waals surface area contributed by atoms with Crippen LogP contribution in [0.3, 0.4) is 0 Å². The second kappa shape index (κ2) is 7.73. The van der Waals surface area contributed by atoms with E-state index in [0.29, 0.717) is 6.54 Å². The van der Waals surface area contributed by atoms with Crippen LogP contribution < -0.4 is 10.2 Å². The summed E-state index contributed by atoms with van der Waals surface area (Å²) >= 11 is 0. The number of anilines is 1. The van der Waals surface area contributed by atoms with Gasteiger partial charge in [0.25, 0.3) is 0 Å². The van der Waals surface area contributed by atoms with Crippen LogP contribution in [-0.4, -0.2) is 49.2 Å². The van der Waals surface area contributed by atoms with Gasteiger partial charge in [0.1, 0.15) is 6.61 Å². The normalized spacial score (nSPS) is 17.3. The minimum Gasteiger partial charge on any atom is -0.480 e. The number of nitrogens with one attached hydrogen (secondary N) is 1. The average molecular weight is 320 g/mol. The van der Waals surface area contributed by atoms with Crippen molar-refractivity contribution in [1.29, 1.82) is 0 Å². The van der Waals surface area contributed by atoms with Gasteiger partial charge in [-0.05, 0) is 19.1 Å². The zero-order chi connectivity index (χ0) is 16.8. The van der Waals surface area contributed by atoms with Crippen LogP contribution in [0.25, 0.3) is 0 Å². The molecule has 1 fully saturated rings. The fourth-order valence-electron chi connectivity index (χ4n) is 2.41. The van der Waals surface area contributed by atoms with Crippen LogP contribution in [0.1, 0.15) is 12.0 Å². The molecule has 0 radical (unpaired) electrons. The van der Waals surface area contributed by atoms with Crippen molar-refractivity contribution in [3.8, 4) is 0 Å². The lowest BCUT2D eigenvalue weighted by molar-refractivity contribution is -0.142. The van der Waals surface area contributed by atoms with Gasteiger partial charge in [0.05, 0.1) is 12.5 Å². The molecule has 0 spiro atoms. The van der Waals surface area contributed by atoms with Gasteiger partial charge in [-0.25, -0.2) is 4.79 Å². The molecule has 124 valence electrons. The lowest BCUT2D eigenvalue weighted by atomic mass is 10.1. The number of carboxylic acid groups (broad SMARTS) is 1. The van der Waals surface area contributed by atoms with Crippen LogP contribution >= 0.6 is 0 Å². The number of hydrogen-bond acceptors (Lipinski definition) is 4. The van der Waals surface area contributed by atoms with Gasteiger partial charge >= 0.3 is 5.97 Å². The highest BCUT2D eigenvalue weighted by Gasteiger charge is 2.34. The predicted octanol–water partition coefficient (Wildman–Crippen LogP) is 0.565. The van der Waals surface area contributed by atoms with Crippen LogP contribution in [0.5, 0.6) is 0 Å². The Hall–Kier alpha value is -2.41. The molecule has 0 saturated carbocycles. The monoisotopic (exact) mass is 320 g/mol. The summed E-state index contributed by atoms with van der Waals surface area (Å²) in [5.74, 6) is -1.74. The number of aliphatic carboxylic acids is 1. The first kappa shape index (κ1) is 17.0. The molecule has 0 aliphatic carbocycles. The Balaban J connectivity index is 1.81. The van der Waals surface area contributed by atoms with E-state index in [1.807, 2.05) is 31.2 Å². The molecule has 7 nitrogen and oxygen atoms in total. The first-order valence-corrected chi connectivity index (χ1v) is 7.41. The van der Waals surface area contributed by atoms with Gasteiger partial charge in [0.15, 0.2) is 0 Å². The molecule has 1 atom stereocenters. The van der Waals surface area contributed by atoms with Gasteiger partial charge in [-0.15, -0.1) is 0 Å². The Labute approximate surface area is 134 Å². The molecule has 2 N–H and O–H groups in total. The molecule has 1 saturated heterocycles. The van der Waals surface area contributed by atoms with E-state index in [1.54, 1.807) is 4.90 Å². The Bertz CT molecular complexity index is 585. The number of hydrogen-bond donors (Lipinski definition) is 2. The number of rotatable bonds is 7. The van der Waals surface area contributed by atoms with Gasteiger partial charge in [-0.2, -0.15) is 0 Å². The lowest BCUT2D eigenvalue weighted by Crippen LogP contribution is -2.35. The fourth-order valence-corrected chi connectivity index (χ4v) is 2.41. The van der Waals surface area contributed by atoms with Crippen molar-refractivity contribution < 1.29 is 24.2 Å². The third kappa shape index (κ3) is 4.79. The quantitative estimate of drug-likeness (QED) is 0.716. The van der Waals surface area contributed by atoms with Gasteiger partial charge < -0.3 is 20.1 Å². The molecule has 1 aliphatic heterocycles. The Kier molecular flexibility index (Phi) is 5.70. The minimum atomic E-state index is -1.05. The zero-order valence-electron chi connectivity index (χ0n) is 12.9. The number of ether oxygens (including phenoxy) is 1. The van der Waals surface area contributed by atoms with Crippen LogP contribution in [0.15, 0.2) is 24.3 Å². The lowest BCUT2D eigenvalue weighted by Gasteiger charge is -2.17. The molecule has 1 aliphatic rings. The summed E-state index contributed by atoms with van der Waals surface area (Å²) in [5.41, 5.74) is 1.90. The topological polar surface area (TPSA) is 95.9 Å². The largest absolute Gasteiger partial charge is 0.480 e. The number of amides is 2. The summed E-state index contributed by atoms with van der Waals surface area (Å²) in [6, 6.07) is 7.59. The standard InChI is InChI=1S/C16H20N2O5/c1-11-2-4-13(5-3-11)18-9-12(8-14(18)19)16(22)17-6-7-23-10-15(20)21/h2-5,12H,6-10H2,1H3,(H,17,22)(H,20,21). The van der Waals surface area contributed by atoms with Crippen molar-refractivity contribution >= 4 is 23.5 Å². The molecule has 1 heterocycles. The molecule has 2 amide bonds. The minimum absolute atomic E-state index is 0.0730. The highest BCUT2D eigenvalue weighted by atomic mass is 16.5. The predicted molar refractivity (Wildman–Crippen MR) is 83.1 cm³/mol. The number of carboxylic acids is 1. The molecule has 1 unspecified atom stereocenters. The van der Waals surface area contributed by atoms with Crippen molar-refractivity contribution in [3.63, 3.8) is 0 Å². The van der Waals surface area contributed by atoms with Crippen LogP contribution in [0.2, 0.25) is 0 Å². The number of aryl methyl sites for hydroxylation is 1. The molecule has 2 rings (SSSR count). The first-order valence-electron chi connectivity index (χ1n) is 7.41. The van der Waals surface area contributed by atoms with Gasteiger partial charge in [0.2, 0.25) is 11.8 Å². The maximum absolute atomic E-state index is 12.1. The van der Waals surface area contributed by atoms with Crippen LogP contribution in [0.4, 0.5) is 5.69 Å². The summed E-state index contributed by atoms with van der Waals surface area (Å²) < 4.78 is 4.84. The van der Waals surface area contributed by atoms with E-state index in [9.17, 15) is 14.4 Å². The van der Waals surface area contributed by atoms with E-state index in [4.69, 9.17) is 9.84 Å². The summed E-state index contributed by atoms with van der Waals surface area (Å²) in [5, 5.41) is 11.1. The summed E-state index contributed by atoms with van der Waals surface area (Å²) in [7, 11) is 0. The third-order valence-electron chi connectivity index (χ3n) is 3.61. The van der Waals surface area contributed by atoms with E-state index >= 15 is 0 Å². The van der Waals surface area contributed by atoms with E-state index in [-0.39, 0.29) is 38.0 Å². The number of benzene rings is 1. The molecule has 1 aromatic carbocycles. The van der Waals surface area contributed by atoms with E-state index in [0.717, 1.165) is 11.3 Å². The van der Waals surface area contributed by atoms with E-state index in [2.05, 4.69) is 5.32 Å². The zero-order valence-corrected chi connectivity index (χ0v) is 12.9. The van der Waals surface area contributed by atoms with Gasteiger partial charge in [-0.3, -0.25) is 9.59 Å². The molecule has 7 heteroatoms. The Morgan fingerprint density at radius 3 is 2.70 bits per heavy atom.